The fraction of sp³-hybridized carbons (Fsp3) is 0.267. The molecule has 2 aromatic rings. The first-order valence-electron chi connectivity index (χ1n) is 6.84. The van der Waals surface area contributed by atoms with Gasteiger partial charge in [0.1, 0.15) is 0 Å². The summed E-state index contributed by atoms with van der Waals surface area (Å²) >= 11 is 11.4. The number of sulfone groups is 1. The third kappa shape index (κ3) is 3.34. The van der Waals surface area contributed by atoms with Gasteiger partial charge in [-0.05, 0) is 23.7 Å². The molecule has 1 aliphatic rings. The maximum Gasteiger partial charge on any atom is 0.171 e. The number of halogens is 1. The standard InChI is InChI=1S/C15H15ClN2O2S2/c16-12-8-22(19,20)9-14(12)18-15(21)17-13-7-3-5-10-4-1-2-6-11(10)13/h1-7,12,14H,8-9H2,(H2,17,18,21)/t12-,14+/m0/s1. The van der Waals surface area contributed by atoms with Gasteiger partial charge >= 0.3 is 0 Å². The number of alkyl halides is 1. The van der Waals surface area contributed by atoms with Crippen molar-refractivity contribution in [3.8, 4) is 0 Å². The monoisotopic (exact) mass is 354 g/mol. The summed E-state index contributed by atoms with van der Waals surface area (Å²) in [5.41, 5.74) is 0.877. The average Bonchev–Trinajstić information content (AvgIpc) is 2.71. The molecule has 2 atom stereocenters. The highest BCUT2D eigenvalue weighted by Gasteiger charge is 2.36. The average molecular weight is 355 g/mol. The van der Waals surface area contributed by atoms with Crippen LogP contribution in [0.15, 0.2) is 42.5 Å². The highest BCUT2D eigenvalue weighted by molar-refractivity contribution is 7.91. The first-order chi connectivity index (χ1) is 10.4. The van der Waals surface area contributed by atoms with Crippen molar-refractivity contribution in [3.63, 3.8) is 0 Å². The Labute approximate surface area is 139 Å². The summed E-state index contributed by atoms with van der Waals surface area (Å²) in [6.45, 7) is 0. The molecule has 0 radical (unpaired) electrons. The molecule has 1 fully saturated rings. The topological polar surface area (TPSA) is 58.2 Å². The van der Waals surface area contributed by atoms with Crippen molar-refractivity contribution >= 4 is 55.2 Å². The Bertz CT molecular complexity index is 818. The predicted molar refractivity (Wildman–Crippen MR) is 95.4 cm³/mol. The van der Waals surface area contributed by atoms with Crippen LogP contribution >= 0.6 is 23.8 Å². The molecule has 0 unspecified atom stereocenters. The van der Waals surface area contributed by atoms with Gasteiger partial charge in [-0.3, -0.25) is 0 Å². The molecule has 4 nitrogen and oxygen atoms in total. The number of benzene rings is 2. The Morgan fingerprint density at radius 3 is 2.59 bits per heavy atom. The number of fused-ring (bicyclic) bond motifs is 1. The van der Waals surface area contributed by atoms with Crippen molar-refractivity contribution < 1.29 is 8.42 Å². The summed E-state index contributed by atoms with van der Waals surface area (Å²) in [4.78, 5) is 0. The molecule has 1 aliphatic heterocycles. The van der Waals surface area contributed by atoms with E-state index in [1.165, 1.54) is 0 Å². The third-order valence-corrected chi connectivity index (χ3v) is 6.23. The first kappa shape index (κ1) is 15.5. The molecule has 0 aromatic heterocycles. The van der Waals surface area contributed by atoms with E-state index in [1.54, 1.807) is 0 Å². The van der Waals surface area contributed by atoms with Crippen LogP contribution in [0.4, 0.5) is 5.69 Å². The quantitative estimate of drug-likeness (QED) is 0.641. The Hall–Kier alpha value is -1.37. The summed E-state index contributed by atoms with van der Waals surface area (Å²) in [5.74, 6) is 0.00161. The molecule has 3 rings (SSSR count). The molecule has 22 heavy (non-hydrogen) atoms. The summed E-state index contributed by atoms with van der Waals surface area (Å²) in [7, 11) is -3.08. The van der Waals surface area contributed by atoms with Crippen molar-refractivity contribution in [1.29, 1.82) is 0 Å². The van der Waals surface area contributed by atoms with E-state index in [0.29, 0.717) is 5.11 Å². The van der Waals surface area contributed by atoms with E-state index >= 15 is 0 Å². The fourth-order valence-electron chi connectivity index (χ4n) is 2.60. The molecule has 116 valence electrons. The fourth-order valence-corrected chi connectivity index (χ4v) is 5.41. The number of rotatable bonds is 2. The van der Waals surface area contributed by atoms with Crippen molar-refractivity contribution in [2.45, 2.75) is 11.4 Å². The smallest absolute Gasteiger partial charge is 0.171 e. The summed E-state index contributed by atoms with van der Waals surface area (Å²) in [6, 6.07) is 13.5. The lowest BCUT2D eigenvalue weighted by Crippen LogP contribution is -2.42. The van der Waals surface area contributed by atoms with Gasteiger partial charge in [0.2, 0.25) is 0 Å². The van der Waals surface area contributed by atoms with Crippen LogP contribution in [0.2, 0.25) is 0 Å². The normalized spacial score (nSPS) is 23.3. The third-order valence-electron chi connectivity index (χ3n) is 3.64. The second-order valence-corrected chi connectivity index (χ2v) is 8.45. The van der Waals surface area contributed by atoms with Crippen molar-refractivity contribution in [1.82, 2.24) is 5.32 Å². The minimum atomic E-state index is -3.08. The van der Waals surface area contributed by atoms with Crippen LogP contribution in [0, 0.1) is 0 Å². The molecule has 0 amide bonds. The molecule has 2 aromatic carbocycles. The Morgan fingerprint density at radius 2 is 1.86 bits per heavy atom. The van der Waals surface area contributed by atoms with Gasteiger partial charge in [-0.2, -0.15) is 0 Å². The van der Waals surface area contributed by atoms with Gasteiger partial charge in [0, 0.05) is 11.1 Å². The summed E-state index contributed by atoms with van der Waals surface area (Å²) in [6.07, 6.45) is 0. The molecule has 0 aliphatic carbocycles. The van der Waals surface area contributed by atoms with Crippen LogP contribution in [0.1, 0.15) is 0 Å². The predicted octanol–water partition coefficient (Wildman–Crippen LogP) is 2.53. The van der Waals surface area contributed by atoms with Gasteiger partial charge in [0.05, 0.1) is 22.9 Å². The zero-order valence-electron chi connectivity index (χ0n) is 11.6. The number of thiocarbonyl (C=S) groups is 1. The SMILES string of the molecule is O=S1(=O)C[C@H](Cl)[C@H](NC(=S)Nc2cccc3ccccc23)C1. The lowest BCUT2D eigenvalue weighted by atomic mass is 10.1. The van der Waals surface area contributed by atoms with E-state index < -0.39 is 15.2 Å². The second kappa shape index (κ2) is 6.02. The van der Waals surface area contributed by atoms with Crippen molar-refractivity contribution in [2.24, 2.45) is 0 Å². The lowest BCUT2D eigenvalue weighted by Gasteiger charge is -2.18. The minimum absolute atomic E-state index is 0.0108. The van der Waals surface area contributed by atoms with E-state index in [0.717, 1.165) is 16.5 Å². The maximum absolute atomic E-state index is 11.6. The zero-order chi connectivity index (χ0) is 15.7. The van der Waals surface area contributed by atoms with Crippen molar-refractivity contribution in [2.75, 3.05) is 16.8 Å². The minimum Gasteiger partial charge on any atom is -0.357 e. The van der Waals surface area contributed by atoms with E-state index in [-0.39, 0.29) is 17.5 Å². The number of nitrogens with one attached hydrogen (secondary N) is 2. The van der Waals surface area contributed by atoms with Gasteiger partial charge in [-0.15, -0.1) is 11.6 Å². The van der Waals surface area contributed by atoms with Crippen molar-refractivity contribution in [3.05, 3.63) is 42.5 Å². The summed E-state index contributed by atoms with van der Waals surface area (Å²) in [5, 5.41) is 8.21. The number of hydrogen-bond acceptors (Lipinski definition) is 3. The first-order valence-corrected chi connectivity index (χ1v) is 9.51. The highest BCUT2D eigenvalue weighted by atomic mass is 35.5. The molecule has 7 heteroatoms. The Kier molecular flexibility index (Phi) is 4.25. The van der Waals surface area contributed by atoms with Crippen LogP contribution in [0.5, 0.6) is 0 Å². The van der Waals surface area contributed by atoms with E-state index in [2.05, 4.69) is 10.6 Å². The molecular weight excluding hydrogens is 340 g/mol. The second-order valence-electron chi connectivity index (χ2n) is 5.32. The number of hydrogen-bond donors (Lipinski definition) is 2. The van der Waals surface area contributed by atoms with Gasteiger partial charge in [-0.25, -0.2) is 8.42 Å². The van der Waals surface area contributed by atoms with E-state index in [9.17, 15) is 8.42 Å². The van der Waals surface area contributed by atoms with E-state index in [4.69, 9.17) is 23.8 Å². The maximum atomic E-state index is 11.6. The molecule has 2 N–H and O–H groups in total. The lowest BCUT2D eigenvalue weighted by molar-refractivity contribution is 0.600. The van der Waals surface area contributed by atoms with Gasteiger partial charge < -0.3 is 10.6 Å². The largest absolute Gasteiger partial charge is 0.357 e. The molecule has 1 saturated heterocycles. The van der Waals surface area contributed by atoms with Gasteiger partial charge in [0.15, 0.2) is 14.9 Å². The molecular formula is C15H15ClN2O2S2. The molecule has 0 bridgehead atoms. The molecule has 0 saturated carbocycles. The number of anilines is 1. The van der Waals surface area contributed by atoms with Crippen LogP contribution in [-0.4, -0.2) is 36.5 Å². The van der Waals surface area contributed by atoms with Gasteiger partial charge in [-0.1, -0.05) is 36.4 Å². The Balaban J connectivity index is 1.74. The van der Waals surface area contributed by atoms with Crippen LogP contribution in [0.3, 0.4) is 0 Å². The Morgan fingerprint density at radius 1 is 1.14 bits per heavy atom. The van der Waals surface area contributed by atoms with E-state index in [1.807, 2.05) is 42.5 Å². The highest BCUT2D eigenvalue weighted by Crippen LogP contribution is 2.23. The van der Waals surface area contributed by atoms with Crippen LogP contribution in [0.25, 0.3) is 10.8 Å². The van der Waals surface area contributed by atoms with Crippen LogP contribution < -0.4 is 10.6 Å². The molecule has 1 heterocycles. The zero-order valence-corrected chi connectivity index (χ0v) is 14.0. The van der Waals surface area contributed by atoms with Gasteiger partial charge in [0.25, 0.3) is 0 Å². The summed E-state index contributed by atoms with van der Waals surface area (Å²) < 4.78 is 23.2. The molecule has 0 spiro atoms. The van der Waals surface area contributed by atoms with Crippen LogP contribution in [-0.2, 0) is 9.84 Å².